The lowest BCUT2D eigenvalue weighted by molar-refractivity contribution is -0.149. The predicted molar refractivity (Wildman–Crippen MR) is 183 cm³/mol. The maximum absolute atomic E-state index is 13.7. The highest BCUT2D eigenvalue weighted by atomic mass is 16.6. The molecule has 4 rings (SSSR count). The van der Waals surface area contributed by atoms with Gasteiger partial charge in [-0.15, -0.1) is 0 Å². The third-order valence-corrected chi connectivity index (χ3v) is 7.95. The Morgan fingerprint density at radius 1 is 1.02 bits per heavy atom. The van der Waals surface area contributed by atoms with E-state index in [0.717, 1.165) is 40.9 Å². The van der Waals surface area contributed by atoms with E-state index in [4.69, 9.17) is 29.7 Å². The number of para-hydroxylation sites is 1. The Hall–Kier alpha value is -4.42. The number of aryl methyl sites for hydroxylation is 1. The average molecular weight is 649 g/mol. The molecule has 0 aliphatic rings. The number of esters is 1. The first kappa shape index (κ1) is 35.4. The molecule has 0 aliphatic heterocycles. The fourth-order valence-corrected chi connectivity index (χ4v) is 5.57. The molecule has 2 aromatic heterocycles. The number of hydrogen-bond donors (Lipinski definition) is 1. The molecule has 12 nitrogen and oxygen atoms in total. The summed E-state index contributed by atoms with van der Waals surface area (Å²) in [5.41, 5.74) is 9.65. The first-order valence-corrected chi connectivity index (χ1v) is 16.2. The summed E-state index contributed by atoms with van der Waals surface area (Å²) < 4.78 is 24.0. The normalized spacial score (nSPS) is 11.5. The predicted octanol–water partition coefficient (Wildman–Crippen LogP) is 4.46. The van der Waals surface area contributed by atoms with Gasteiger partial charge in [0, 0.05) is 38.6 Å². The summed E-state index contributed by atoms with van der Waals surface area (Å²) in [6, 6.07) is 13.4. The van der Waals surface area contributed by atoms with Crippen LogP contribution in [0.1, 0.15) is 45.5 Å². The van der Waals surface area contributed by atoms with Crippen LogP contribution in [0, 0.1) is 0 Å². The molecule has 0 unspecified atom stereocenters. The lowest BCUT2D eigenvalue weighted by atomic mass is 10.1. The number of nitrogens with zero attached hydrogens (tertiary/aromatic N) is 5. The Bertz CT molecular complexity index is 1650. The molecular weight excluding hydrogens is 600 g/mol. The molecule has 1 amide bonds. The molecule has 0 spiro atoms. The number of carbonyl (C=O) groups is 2. The molecule has 12 heteroatoms. The molecule has 0 saturated carbocycles. The van der Waals surface area contributed by atoms with Gasteiger partial charge in [-0.3, -0.25) is 9.69 Å². The van der Waals surface area contributed by atoms with E-state index >= 15 is 0 Å². The van der Waals surface area contributed by atoms with E-state index in [1.165, 1.54) is 0 Å². The van der Waals surface area contributed by atoms with Crippen molar-refractivity contribution in [3.8, 4) is 11.5 Å². The highest BCUT2D eigenvalue weighted by Crippen LogP contribution is 2.30. The van der Waals surface area contributed by atoms with Gasteiger partial charge in [0.15, 0.2) is 23.9 Å². The number of benzene rings is 2. The van der Waals surface area contributed by atoms with Crippen LogP contribution in [-0.4, -0.2) is 95.9 Å². The number of fused-ring (bicyclic) bond motifs is 3. The minimum Gasteiger partial charge on any atom is -0.493 e. The summed E-state index contributed by atoms with van der Waals surface area (Å²) in [5.74, 6) is 1.71. The molecule has 2 aromatic carbocycles. The van der Waals surface area contributed by atoms with Gasteiger partial charge in [-0.1, -0.05) is 38.1 Å². The Morgan fingerprint density at radius 2 is 1.79 bits per heavy atom. The van der Waals surface area contributed by atoms with Crippen molar-refractivity contribution in [1.29, 1.82) is 0 Å². The molecule has 0 radical (unpaired) electrons. The van der Waals surface area contributed by atoms with E-state index in [1.54, 1.807) is 34.1 Å². The molecular formula is C35H48N6O6. The summed E-state index contributed by atoms with van der Waals surface area (Å²) >= 11 is 0. The maximum atomic E-state index is 13.7. The van der Waals surface area contributed by atoms with Gasteiger partial charge in [0.05, 0.1) is 37.4 Å². The summed E-state index contributed by atoms with van der Waals surface area (Å²) in [4.78, 5) is 39.3. The quantitative estimate of drug-likeness (QED) is 0.154. The molecule has 0 saturated heterocycles. The highest BCUT2D eigenvalue weighted by molar-refractivity contribution is 6.06. The van der Waals surface area contributed by atoms with Crippen LogP contribution in [0.25, 0.3) is 21.9 Å². The Labute approximate surface area is 276 Å². The van der Waals surface area contributed by atoms with Crippen molar-refractivity contribution in [2.45, 2.75) is 59.7 Å². The minimum atomic E-state index is -0.467. The van der Waals surface area contributed by atoms with Gasteiger partial charge in [0.2, 0.25) is 5.91 Å². The molecule has 0 bridgehead atoms. The third kappa shape index (κ3) is 9.11. The number of nitrogens with two attached hydrogens (primary N) is 1. The van der Waals surface area contributed by atoms with Gasteiger partial charge in [-0.05, 0) is 57.1 Å². The van der Waals surface area contributed by atoms with Gasteiger partial charge in [0.25, 0.3) is 0 Å². The molecule has 0 aliphatic carbocycles. The van der Waals surface area contributed by atoms with Crippen molar-refractivity contribution in [3.63, 3.8) is 0 Å². The van der Waals surface area contributed by atoms with E-state index in [1.807, 2.05) is 41.3 Å². The fraction of sp³-hybridized carbons (Fsp3) is 0.486. The molecule has 0 atom stereocenters. The van der Waals surface area contributed by atoms with Gasteiger partial charge in [-0.2, -0.15) is 0 Å². The summed E-state index contributed by atoms with van der Waals surface area (Å²) in [7, 11) is 3.21. The number of methoxy groups -OCH3 is 2. The largest absolute Gasteiger partial charge is 0.493 e. The van der Waals surface area contributed by atoms with Gasteiger partial charge >= 0.3 is 5.97 Å². The van der Waals surface area contributed by atoms with Crippen LogP contribution in [0.5, 0.6) is 11.5 Å². The van der Waals surface area contributed by atoms with Gasteiger partial charge < -0.3 is 34.1 Å². The average Bonchev–Trinajstić information content (AvgIpc) is 3.43. The topological polar surface area (TPSA) is 134 Å². The molecule has 2 heterocycles. The number of rotatable bonds is 18. The van der Waals surface area contributed by atoms with E-state index in [0.29, 0.717) is 68.5 Å². The highest BCUT2D eigenvalue weighted by Gasteiger charge is 2.21. The van der Waals surface area contributed by atoms with Gasteiger partial charge in [-0.25, -0.2) is 14.8 Å². The van der Waals surface area contributed by atoms with Crippen LogP contribution < -0.4 is 15.2 Å². The zero-order valence-corrected chi connectivity index (χ0v) is 28.5. The smallest absolute Gasteiger partial charge is 0.344 e. The van der Waals surface area contributed by atoms with Crippen LogP contribution in [-0.2, 0) is 38.6 Å². The molecule has 254 valence electrons. The van der Waals surface area contributed by atoms with E-state index in [2.05, 4.69) is 28.3 Å². The van der Waals surface area contributed by atoms with Crippen molar-refractivity contribution in [2.24, 2.45) is 0 Å². The number of imidazole rings is 1. The second-order valence-electron chi connectivity index (χ2n) is 11.6. The number of amides is 1. The Morgan fingerprint density at radius 3 is 2.49 bits per heavy atom. The Kier molecular flexibility index (Phi) is 12.8. The standard InChI is InChI=1S/C35H48N6O6/c1-7-39(8-2)22-31(42)40(21-25-14-15-28(45-6)29(20-25)46-23-32(43)47-24(3)4)17-11-18-41-30(16-19-44-5)38-33-34(41)26-12-9-10-13-27(26)37-35(33)36/h9-10,12-15,20,24H,7-8,11,16-19,21-23H2,1-6H3,(H2,36,37). The molecule has 2 N–H and O–H groups in total. The van der Waals surface area contributed by atoms with Crippen molar-refractivity contribution in [2.75, 3.05) is 59.3 Å². The lowest BCUT2D eigenvalue weighted by Gasteiger charge is -2.27. The zero-order valence-electron chi connectivity index (χ0n) is 28.5. The Balaban J connectivity index is 1.60. The van der Waals surface area contributed by atoms with Crippen molar-refractivity contribution < 1.29 is 28.5 Å². The number of nitrogen functional groups attached to an aromatic ring is 1. The maximum Gasteiger partial charge on any atom is 0.344 e. The van der Waals surface area contributed by atoms with Crippen molar-refractivity contribution >= 4 is 39.6 Å². The van der Waals surface area contributed by atoms with Crippen molar-refractivity contribution in [1.82, 2.24) is 24.3 Å². The third-order valence-electron chi connectivity index (χ3n) is 7.95. The molecule has 0 fully saturated rings. The minimum absolute atomic E-state index is 0.0292. The monoisotopic (exact) mass is 648 g/mol. The van der Waals surface area contributed by atoms with Crippen molar-refractivity contribution in [3.05, 3.63) is 53.9 Å². The van der Waals surface area contributed by atoms with E-state index in [9.17, 15) is 9.59 Å². The summed E-state index contributed by atoms with van der Waals surface area (Å²) in [6.45, 7) is 11.3. The second-order valence-corrected chi connectivity index (χ2v) is 11.6. The second kappa shape index (κ2) is 16.9. The van der Waals surface area contributed by atoms with Crippen LogP contribution >= 0.6 is 0 Å². The van der Waals surface area contributed by atoms with E-state index < -0.39 is 5.97 Å². The number of carbonyl (C=O) groups excluding carboxylic acids is 2. The number of likely N-dealkylation sites (N-methyl/N-ethyl adjacent to an activating group) is 1. The first-order valence-electron chi connectivity index (χ1n) is 16.2. The van der Waals surface area contributed by atoms with Gasteiger partial charge in [0.1, 0.15) is 11.3 Å². The van der Waals surface area contributed by atoms with Crippen LogP contribution in [0.15, 0.2) is 42.5 Å². The first-order chi connectivity index (χ1) is 22.7. The lowest BCUT2D eigenvalue weighted by Crippen LogP contribution is -2.40. The number of hydrogen-bond acceptors (Lipinski definition) is 10. The number of aromatic nitrogens is 3. The SMILES string of the molecule is CCN(CC)CC(=O)N(CCCn1c(CCOC)nc2c(N)nc3ccccc3c21)Cc1ccc(OC)c(OCC(=O)OC(C)C)c1. The number of anilines is 1. The molecule has 47 heavy (non-hydrogen) atoms. The fourth-order valence-electron chi connectivity index (χ4n) is 5.57. The zero-order chi connectivity index (χ0) is 33.9. The summed E-state index contributed by atoms with van der Waals surface area (Å²) in [6.07, 6.45) is 1.05. The summed E-state index contributed by atoms with van der Waals surface area (Å²) in [5, 5.41) is 0.977. The number of ether oxygens (including phenoxy) is 4. The van der Waals surface area contributed by atoms with Crippen LogP contribution in [0.3, 0.4) is 0 Å². The number of pyridine rings is 1. The van der Waals surface area contributed by atoms with Crippen LogP contribution in [0.2, 0.25) is 0 Å². The van der Waals surface area contributed by atoms with E-state index in [-0.39, 0.29) is 18.6 Å². The molecule has 4 aromatic rings. The van der Waals surface area contributed by atoms with Crippen LogP contribution in [0.4, 0.5) is 5.82 Å².